The molecule has 360 valence electrons. The molecular formula is C48H66N6O11S. The molecule has 2 aromatic rings. The Hall–Kier alpha value is -5.13. The van der Waals surface area contributed by atoms with Crippen LogP contribution >= 0.6 is 0 Å². The highest BCUT2D eigenvalue weighted by Gasteiger charge is 2.63. The zero-order chi connectivity index (χ0) is 47.6. The maximum Gasteiger partial charge on any atom is 0.410 e. The number of carbonyl (C=O) groups excluding carboxylic acids is 5. The summed E-state index contributed by atoms with van der Waals surface area (Å²) in [6, 6.07) is 5.31. The molecule has 6 aliphatic rings. The summed E-state index contributed by atoms with van der Waals surface area (Å²) in [6.07, 6.45) is 5.06. The third kappa shape index (κ3) is 9.93. The Morgan fingerprint density at radius 2 is 1.74 bits per heavy atom. The number of rotatable bonds is 9. The number of fused-ring (bicyclic) bond motifs is 5. The summed E-state index contributed by atoms with van der Waals surface area (Å²) in [5.74, 6) is -1.43. The molecule has 1 aromatic carbocycles. The van der Waals surface area contributed by atoms with Gasteiger partial charge < -0.3 is 39.4 Å². The summed E-state index contributed by atoms with van der Waals surface area (Å²) in [6.45, 7) is 17.6. The van der Waals surface area contributed by atoms with Gasteiger partial charge in [-0.1, -0.05) is 51.8 Å². The van der Waals surface area contributed by atoms with E-state index < -0.39 is 79.2 Å². The first-order valence-corrected chi connectivity index (χ1v) is 25.0. The fraction of sp³-hybridized carbons (Fsp3) is 0.667. The van der Waals surface area contributed by atoms with Gasteiger partial charge in [-0.25, -0.2) is 23.0 Å². The number of amides is 5. The Kier molecular flexibility index (Phi) is 12.6. The smallest absolute Gasteiger partial charge is 0.410 e. The molecular weight excluding hydrogens is 869 g/mol. The zero-order valence-corrected chi connectivity index (χ0v) is 40.1. The number of hydrogen-bond donors (Lipinski definition) is 3. The first-order valence-electron chi connectivity index (χ1n) is 23.5. The van der Waals surface area contributed by atoms with Gasteiger partial charge in [0.25, 0.3) is 5.91 Å². The van der Waals surface area contributed by atoms with Gasteiger partial charge in [0.05, 0.1) is 29.0 Å². The summed E-state index contributed by atoms with van der Waals surface area (Å²) < 4.78 is 52.5. The predicted molar refractivity (Wildman–Crippen MR) is 244 cm³/mol. The third-order valence-electron chi connectivity index (χ3n) is 14.0. The number of nitrogens with zero attached hydrogens (tertiary/aromatic N) is 3. The lowest BCUT2D eigenvalue weighted by atomic mass is 9.85. The first-order chi connectivity index (χ1) is 31.0. The Morgan fingerprint density at radius 1 is 1.02 bits per heavy atom. The van der Waals surface area contributed by atoms with E-state index in [0.29, 0.717) is 56.1 Å². The molecule has 2 bridgehead atoms. The van der Waals surface area contributed by atoms with Crippen molar-refractivity contribution < 1.29 is 51.3 Å². The normalized spacial score (nSPS) is 29.0. The number of hydrogen-bond acceptors (Lipinski definition) is 12. The molecule has 1 aromatic heterocycles. The van der Waals surface area contributed by atoms with Gasteiger partial charge in [0, 0.05) is 36.7 Å². The van der Waals surface area contributed by atoms with Gasteiger partial charge in [0.15, 0.2) is 0 Å². The molecule has 5 amide bonds. The second-order valence-corrected chi connectivity index (χ2v) is 23.9. The molecule has 17 nitrogen and oxygen atoms in total. The highest BCUT2D eigenvalue weighted by Crippen LogP contribution is 2.48. The Labute approximate surface area is 387 Å². The van der Waals surface area contributed by atoms with Crippen LogP contribution in [0.3, 0.4) is 0 Å². The minimum absolute atomic E-state index is 0.0117. The van der Waals surface area contributed by atoms with Crippen LogP contribution in [0.2, 0.25) is 0 Å². The van der Waals surface area contributed by atoms with Gasteiger partial charge in [0.1, 0.15) is 41.2 Å². The van der Waals surface area contributed by atoms with Crippen molar-refractivity contribution in [2.75, 3.05) is 26.2 Å². The number of likely N-dealkylation sites (tertiary alicyclic amines) is 1. The summed E-state index contributed by atoms with van der Waals surface area (Å²) in [7, 11) is -4.04. The topological polar surface area (TPSA) is 212 Å². The van der Waals surface area contributed by atoms with Gasteiger partial charge in [0.2, 0.25) is 27.7 Å². The zero-order valence-electron chi connectivity index (χ0n) is 39.3. The second-order valence-electron chi connectivity index (χ2n) is 21.7. The molecule has 3 aliphatic carbocycles. The van der Waals surface area contributed by atoms with Crippen LogP contribution in [0.5, 0.6) is 11.6 Å². The van der Waals surface area contributed by atoms with Crippen molar-refractivity contribution in [2.45, 2.75) is 153 Å². The van der Waals surface area contributed by atoms with E-state index >= 15 is 0 Å². The van der Waals surface area contributed by atoms with E-state index in [1.54, 1.807) is 11.8 Å². The fourth-order valence-electron chi connectivity index (χ4n) is 9.34. The predicted octanol–water partition coefficient (Wildman–Crippen LogP) is 5.53. The molecule has 0 spiro atoms. The van der Waals surface area contributed by atoms with Crippen LogP contribution < -0.4 is 24.8 Å². The molecule has 8 rings (SSSR count). The van der Waals surface area contributed by atoms with Crippen molar-refractivity contribution in [3.05, 3.63) is 42.5 Å². The maximum atomic E-state index is 14.9. The van der Waals surface area contributed by atoms with Gasteiger partial charge >= 0.3 is 12.2 Å². The minimum atomic E-state index is -4.04. The number of sulfonamides is 1. The van der Waals surface area contributed by atoms with Crippen LogP contribution in [0.25, 0.3) is 10.9 Å². The number of para-hydroxylation sites is 1. The van der Waals surface area contributed by atoms with Crippen molar-refractivity contribution in [1.29, 1.82) is 0 Å². The van der Waals surface area contributed by atoms with Crippen molar-refractivity contribution in [3.63, 3.8) is 0 Å². The van der Waals surface area contributed by atoms with E-state index in [9.17, 15) is 32.4 Å². The van der Waals surface area contributed by atoms with E-state index in [0.717, 1.165) is 43.1 Å². The van der Waals surface area contributed by atoms with Crippen molar-refractivity contribution in [1.82, 2.24) is 30.1 Å². The summed E-state index contributed by atoms with van der Waals surface area (Å²) in [5.41, 5.74) is -1.66. The van der Waals surface area contributed by atoms with Crippen molar-refractivity contribution in [3.8, 4) is 11.6 Å². The van der Waals surface area contributed by atoms with Gasteiger partial charge in [-0.3, -0.25) is 19.1 Å². The van der Waals surface area contributed by atoms with Crippen LogP contribution in [0.15, 0.2) is 36.9 Å². The molecule has 0 radical (unpaired) electrons. The average molecular weight is 935 g/mol. The summed E-state index contributed by atoms with van der Waals surface area (Å²) in [5, 5.41) is 6.47. The molecule has 18 heteroatoms. The van der Waals surface area contributed by atoms with E-state index in [2.05, 4.69) is 21.9 Å². The lowest BCUT2D eigenvalue weighted by Crippen LogP contribution is -2.60. The van der Waals surface area contributed by atoms with Crippen molar-refractivity contribution >= 4 is 50.8 Å². The number of pyridine rings is 1. The van der Waals surface area contributed by atoms with Crippen LogP contribution in [0.4, 0.5) is 9.59 Å². The number of carbonyl (C=O) groups is 5. The number of benzene rings is 1. The molecule has 66 heavy (non-hydrogen) atoms. The van der Waals surface area contributed by atoms with Crippen molar-refractivity contribution in [2.24, 2.45) is 23.2 Å². The summed E-state index contributed by atoms with van der Waals surface area (Å²) in [4.78, 5) is 77.6. The average Bonchev–Trinajstić information content (AvgIpc) is 4.17. The quantitative estimate of drug-likeness (QED) is 0.265. The number of ether oxygens (including phenoxy) is 4. The maximum absolute atomic E-state index is 14.9. The number of alkyl carbamates (subject to hydrolysis) is 1. The van der Waals surface area contributed by atoms with E-state index in [1.807, 2.05) is 65.8 Å². The van der Waals surface area contributed by atoms with E-state index in [1.165, 1.54) is 11.0 Å². The Balaban J connectivity index is 1.11. The molecule has 2 saturated heterocycles. The Morgan fingerprint density at radius 3 is 2.41 bits per heavy atom. The molecule has 1 unspecified atom stereocenters. The lowest BCUT2D eigenvalue weighted by molar-refractivity contribution is -0.142. The minimum Gasteiger partial charge on any atom is -0.492 e. The Bertz CT molecular complexity index is 2390. The van der Waals surface area contributed by atoms with Gasteiger partial charge in [-0.05, 0) is 96.1 Å². The molecule has 7 atom stereocenters. The third-order valence-corrected chi connectivity index (χ3v) is 16.1. The van der Waals surface area contributed by atoms with Crippen LogP contribution in [0.1, 0.15) is 112 Å². The monoisotopic (exact) mass is 934 g/mol. The fourth-order valence-corrected chi connectivity index (χ4v) is 10.7. The molecule has 3 aliphatic heterocycles. The van der Waals surface area contributed by atoms with E-state index in [-0.39, 0.29) is 43.4 Å². The molecule has 5 fully saturated rings. The van der Waals surface area contributed by atoms with Crippen LogP contribution in [-0.4, -0.2) is 120 Å². The number of aromatic nitrogens is 1. The van der Waals surface area contributed by atoms with Crippen LogP contribution in [-0.2, 0) is 40.3 Å². The SMILES string of the molecule is C=CC1C[C@]1(NC(=O)[C@@H]1C[C@@H]2CN1C(=O)[C@H](C(C)(C)C)NC(=O)O[C@@H]1C[C@H]1CCCCCc1c(nc3ccccc3c1OCC1CN(C(=O)OC(C)(C)C)C1)O2)C(=O)NS(=O)(=O)C1(C)CC1. The molecule has 4 heterocycles. The molecule has 3 saturated carbocycles. The molecule has 3 N–H and O–H groups in total. The largest absolute Gasteiger partial charge is 0.492 e. The van der Waals surface area contributed by atoms with Gasteiger partial charge in [-0.2, -0.15) is 0 Å². The first kappa shape index (κ1) is 47.4. The highest BCUT2D eigenvalue weighted by atomic mass is 32.2. The number of nitrogens with one attached hydrogen (secondary N) is 3. The van der Waals surface area contributed by atoms with Gasteiger partial charge in [-0.15, -0.1) is 6.58 Å². The summed E-state index contributed by atoms with van der Waals surface area (Å²) >= 11 is 0. The second kappa shape index (κ2) is 17.5. The highest BCUT2D eigenvalue weighted by molar-refractivity contribution is 7.91. The lowest BCUT2D eigenvalue weighted by Gasteiger charge is -2.39. The van der Waals surface area contributed by atoms with Crippen LogP contribution in [0, 0.1) is 23.2 Å². The standard InChI is InChI=1S/C48H66N6O11S/c1-9-30-23-48(30,42(57)52-66(60,61)47(8)19-20-47)51-39(55)35-22-31-26-54(35)41(56)38(45(2,3)4)50-43(58)64-36-21-29(36)15-11-10-12-17-33-37(32-16-13-14-18-34(32)49-40(33)63-31)62-27-28-24-53(25-28)44(59)65-46(5,6)7/h9,13-14,16,18,28-31,35-36,38H,1,10-12,15,17,19-27H2,2-8H3,(H,50,58)(H,51,55)(H,52,57)/t29-,30?,31-,35+,36-,38-,48-/m1/s1. The van der Waals surface area contributed by atoms with E-state index in [4.69, 9.17) is 23.9 Å².